The van der Waals surface area contributed by atoms with Gasteiger partial charge in [0.25, 0.3) is 0 Å². The van der Waals surface area contributed by atoms with Crippen LogP contribution in [0.4, 0.5) is 10.1 Å². The Morgan fingerprint density at radius 3 is 2.62 bits per heavy atom. The molecule has 1 atom stereocenters. The van der Waals surface area contributed by atoms with Crippen molar-refractivity contribution in [3.8, 4) is 0 Å². The molecule has 9 heteroatoms. The van der Waals surface area contributed by atoms with E-state index in [2.05, 4.69) is 20.7 Å². The lowest BCUT2D eigenvalue weighted by atomic mass is 10.2. The molecule has 0 amide bonds. The fourth-order valence-electron chi connectivity index (χ4n) is 1.69. The smallest absolute Gasteiger partial charge is 0.309 e. The van der Waals surface area contributed by atoms with Gasteiger partial charge in [-0.1, -0.05) is 6.92 Å². The number of benzene rings is 1. The second kappa shape index (κ2) is 6.71. The normalized spacial score (nSPS) is 13.2. The van der Waals surface area contributed by atoms with Crippen LogP contribution < -0.4 is 5.73 Å². The highest BCUT2D eigenvalue weighted by Gasteiger charge is 2.27. The van der Waals surface area contributed by atoms with Gasteiger partial charge in [0.05, 0.1) is 23.2 Å². The van der Waals surface area contributed by atoms with Crippen LogP contribution in [0.3, 0.4) is 0 Å². The van der Waals surface area contributed by atoms with Crippen molar-refractivity contribution >= 4 is 37.6 Å². The molecule has 1 aromatic rings. The predicted molar refractivity (Wildman–Crippen MR) is 79.5 cm³/mol. The highest BCUT2D eigenvalue weighted by molar-refractivity contribution is 9.10. The summed E-state index contributed by atoms with van der Waals surface area (Å²) in [6.07, 6.45) is 0. The fourth-order valence-corrected chi connectivity index (χ4v) is 3.57. The SMILES string of the molecule is COC(=O)C(C)CN(C)S(=O)(=O)c1cc(Br)c(F)cc1N. The second-order valence-corrected chi connectivity index (χ2v) is 7.38. The van der Waals surface area contributed by atoms with E-state index in [0.717, 1.165) is 16.4 Å². The monoisotopic (exact) mass is 382 g/mol. The summed E-state index contributed by atoms with van der Waals surface area (Å²) in [6, 6.07) is 2.02. The average Bonchev–Trinajstić information content (AvgIpc) is 2.41. The first-order chi connectivity index (χ1) is 9.61. The van der Waals surface area contributed by atoms with Gasteiger partial charge in [-0.15, -0.1) is 0 Å². The van der Waals surface area contributed by atoms with Crippen molar-refractivity contribution in [2.24, 2.45) is 5.92 Å². The summed E-state index contributed by atoms with van der Waals surface area (Å²) in [6.45, 7) is 1.46. The molecule has 0 aliphatic heterocycles. The number of carbonyl (C=O) groups excluding carboxylic acids is 1. The van der Waals surface area contributed by atoms with Crippen molar-refractivity contribution in [3.05, 3.63) is 22.4 Å². The maximum Gasteiger partial charge on any atom is 0.309 e. The van der Waals surface area contributed by atoms with Gasteiger partial charge in [0, 0.05) is 13.6 Å². The molecule has 0 aromatic heterocycles. The molecular weight excluding hydrogens is 367 g/mol. The van der Waals surface area contributed by atoms with E-state index >= 15 is 0 Å². The molecule has 0 heterocycles. The molecular formula is C12H16BrFN2O4S. The number of nitrogens with two attached hydrogens (primary N) is 1. The third-order valence-electron chi connectivity index (χ3n) is 2.88. The topological polar surface area (TPSA) is 89.7 Å². The highest BCUT2D eigenvalue weighted by Crippen LogP contribution is 2.28. The zero-order chi connectivity index (χ0) is 16.4. The minimum Gasteiger partial charge on any atom is -0.469 e. The van der Waals surface area contributed by atoms with Crippen molar-refractivity contribution < 1.29 is 22.3 Å². The second-order valence-electron chi connectivity index (χ2n) is 4.51. The van der Waals surface area contributed by atoms with Crippen molar-refractivity contribution in [1.82, 2.24) is 4.31 Å². The van der Waals surface area contributed by atoms with E-state index in [-0.39, 0.29) is 21.6 Å². The Hall–Kier alpha value is -1.19. The molecule has 0 radical (unpaired) electrons. The van der Waals surface area contributed by atoms with Crippen LogP contribution in [-0.4, -0.2) is 39.4 Å². The maximum atomic E-state index is 13.3. The number of carbonyl (C=O) groups is 1. The first-order valence-corrected chi connectivity index (χ1v) is 8.13. The standard InChI is InChI=1S/C12H16BrFN2O4S/c1-7(12(17)20-3)6-16(2)21(18,19)11-4-8(13)9(14)5-10(11)15/h4-5,7H,6,15H2,1-3H3. The van der Waals surface area contributed by atoms with Gasteiger partial charge in [0.2, 0.25) is 10.0 Å². The number of ether oxygens (including phenoxy) is 1. The Kier molecular flexibility index (Phi) is 5.71. The molecule has 21 heavy (non-hydrogen) atoms. The van der Waals surface area contributed by atoms with Crippen molar-refractivity contribution in [2.45, 2.75) is 11.8 Å². The summed E-state index contributed by atoms with van der Waals surface area (Å²) < 4.78 is 43.7. The van der Waals surface area contributed by atoms with Crippen LogP contribution >= 0.6 is 15.9 Å². The van der Waals surface area contributed by atoms with E-state index in [1.54, 1.807) is 6.92 Å². The van der Waals surface area contributed by atoms with E-state index < -0.39 is 27.7 Å². The number of hydrogen-bond donors (Lipinski definition) is 1. The van der Waals surface area contributed by atoms with E-state index in [1.165, 1.54) is 14.2 Å². The highest BCUT2D eigenvalue weighted by atomic mass is 79.9. The molecule has 0 saturated carbocycles. The molecule has 118 valence electrons. The van der Waals surface area contributed by atoms with Gasteiger partial charge in [-0.25, -0.2) is 17.1 Å². The Morgan fingerprint density at radius 2 is 2.10 bits per heavy atom. The van der Waals surface area contributed by atoms with Gasteiger partial charge >= 0.3 is 5.97 Å². The molecule has 1 unspecified atom stereocenters. The van der Waals surface area contributed by atoms with E-state index in [0.29, 0.717) is 0 Å². The third-order valence-corrected chi connectivity index (χ3v) is 5.36. The zero-order valence-electron chi connectivity index (χ0n) is 11.8. The molecule has 6 nitrogen and oxygen atoms in total. The molecule has 0 aliphatic carbocycles. The number of anilines is 1. The van der Waals surface area contributed by atoms with Crippen LogP contribution in [0, 0.1) is 11.7 Å². The zero-order valence-corrected chi connectivity index (χ0v) is 14.2. The van der Waals surface area contributed by atoms with Crippen LogP contribution in [-0.2, 0) is 19.6 Å². The summed E-state index contributed by atoms with van der Waals surface area (Å²) in [4.78, 5) is 11.1. The minimum absolute atomic E-state index is 0.00955. The maximum absolute atomic E-state index is 13.3. The molecule has 1 aromatic carbocycles. The van der Waals surface area contributed by atoms with Gasteiger partial charge in [0.1, 0.15) is 10.7 Å². The minimum atomic E-state index is -3.94. The molecule has 1 rings (SSSR count). The molecule has 2 N–H and O–H groups in total. The summed E-state index contributed by atoms with van der Waals surface area (Å²) in [5.41, 5.74) is 5.37. The van der Waals surface area contributed by atoms with Crippen molar-refractivity contribution in [1.29, 1.82) is 0 Å². The molecule has 0 aliphatic rings. The van der Waals surface area contributed by atoms with Gasteiger partial charge in [0.15, 0.2) is 0 Å². The molecule has 0 spiro atoms. The third kappa shape index (κ3) is 3.92. The Morgan fingerprint density at radius 1 is 1.52 bits per heavy atom. The van der Waals surface area contributed by atoms with E-state index in [4.69, 9.17) is 5.73 Å². The lowest BCUT2D eigenvalue weighted by Crippen LogP contribution is -2.34. The Balaban J connectivity index is 3.11. The number of hydrogen-bond acceptors (Lipinski definition) is 5. The number of nitrogens with zero attached hydrogens (tertiary/aromatic N) is 1. The van der Waals surface area contributed by atoms with Crippen LogP contribution in [0.2, 0.25) is 0 Å². The van der Waals surface area contributed by atoms with Crippen LogP contribution in [0.15, 0.2) is 21.5 Å². The van der Waals surface area contributed by atoms with E-state index in [1.807, 2.05) is 0 Å². The summed E-state index contributed by atoms with van der Waals surface area (Å²) in [7, 11) is -1.41. The fraction of sp³-hybridized carbons (Fsp3) is 0.417. The van der Waals surface area contributed by atoms with Crippen molar-refractivity contribution in [2.75, 3.05) is 26.4 Å². The number of rotatable bonds is 5. The number of halogens is 2. The van der Waals surface area contributed by atoms with Gasteiger partial charge in [-0.05, 0) is 28.1 Å². The van der Waals surface area contributed by atoms with Crippen LogP contribution in [0.5, 0.6) is 0 Å². The lowest BCUT2D eigenvalue weighted by Gasteiger charge is -2.21. The average molecular weight is 383 g/mol. The molecule has 0 bridgehead atoms. The summed E-state index contributed by atoms with van der Waals surface area (Å²) >= 11 is 2.92. The number of esters is 1. The van der Waals surface area contributed by atoms with Gasteiger partial charge in [-0.3, -0.25) is 4.79 Å². The van der Waals surface area contributed by atoms with E-state index in [9.17, 15) is 17.6 Å². The summed E-state index contributed by atoms with van der Waals surface area (Å²) in [5.74, 6) is -1.82. The van der Waals surface area contributed by atoms with Gasteiger partial charge in [-0.2, -0.15) is 0 Å². The molecule has 0 fully saturated rings. The van der Waals surface area contributed by atoms with Crippen LogP contribution in [0.25, 0.3) is 0 Å². The quantitative estimate of drug-likeness (QED) is 0.616. The van der Waals surface area contributed by atoms with Gasteiger partial charge < -0.3 is 10.5 Å². The predicted octanol–water partition coefficient (Wildman–Crippen LogP) is 1.60. The largest absolute Gasteiger partial charge is 0.469 e. The Bertz CT molecular complexity index is 651. The lowest BCUT2D eigenvalue weighted by molar-refractivity contribution is -0.144. The molecule has 0 saturated heterocycles. The summed E-state index contributed by atoms with van der Waals surface area (Å²) in [5, 5.41) is 0. The Labute approximate surface area is 131 Å². The van der Waals surface area contributed by atoms with Crippen LogP contribution in [0.1, 0.15) is 6.92 Å². The number of sulfonamides is 1. The first kappa shape index (κ1) is 17.9. The van der Waals surface area contributed by atoms with Crippen molar-refractivity contribution in [3.63, 3.8) is 0 Å². The number of methoxy groups -OCH3 is 1. The number of nitrogen functional groups attached to an aromatic ring is 1. The first-order valence-electron chi connectivity index (χ1n) is 5.90.